The normalized spacial score (nSPS) is 21.9. The Hall–Kier alpha value is -3.88. The Labute approximate surface area is 213 Å². The minimum Gasteiger partial charge on any atom is -0.385 e. The summed E-state index contributed by atoms with van der Waals surface area (Å²) in [6.45, 7) is 2.17. The van der Waals surface area contributed by atoms with E-state index < -0.39 is 35.3 Å². The fourth-order valence-electron chi connectivity index (χ4n) is 5.73. The number of rotatable bonds is 4. The molecule has 2 saturated heterocycles. The topological polar surface area (TPSA) is 107 Å². The van der Waals surface area contributed by atoms with Crippen molar-refractivity contribution in [3.05, 3.63) is 82.9 Å². The summed E-state index contributed by atoms with van der Waals surface area (Å²) in [7, 11) is 0. The number of fused-ring (bicyclic) bond motifs is 2. The van der Waals surface area contributed by atoms with E-state index in [-0.39, 0.29) is 24.0 Å². The second-order valence-electron chi connectivity index (χ2n) is 10.2. The minimum atomic E-state index is -1.11. The summed E-state index contributed by atoms with van der Waals surface area (Å²) >= 11 is 0. The Morgan fingerprint density at radius 3 is 2.35 bits per heavy atom. The third kappa shape index (κ3) is 4.12. The lowest BCUT2D eigenvalue weighted by atomic mass is 9.83. The van der Waals surface area contributed by atoms with E-state index in [1.807, 2.05) is 12.1 Å². The molecule has 188 valence electrons. The average molecular weight is 498 g/mol. The van der Waals surface area contributed by atoms with Gasteiger partial charge in [0.1, 0.15) is 6.04 Å². The molecule has 3 aromatic rings. The largest absolute Gasteiger partial charge is 0.385 e. The first-order valence-electron chi connectivity index (χ1n) is 12.6. The van der Waals surface area contributed by atoms with Crippen molar-refractivity contribution >= 4 is 34.4 Å². The van der Waals surface area contributed by atoms with E-state index in [1.165, 1.54) is 16.3 Å². The lowest BCUT2D eigenvalue weighted by Crippen LogP contribution is -2.54. The van der Waals surface area contributed by atoms with Crippen LogP contribution in [0.25, 0.3) is 10.8 Å². The first-order chi connectivity index (χ1) is 17.8. The number of amides is 4. The maximum atomic E-state index is 13.2. The van der Waals surface area contributed by atoms with Gasteiger partial charge < -0.3 is 5.11 Å². The molecule has 3 aromatic carbocycles. The van der Waals surface area contributed by atoms with Crippen molar-refractivity contribution in [3.63, 3.8) is 0 Å². The molecule has 4 amide bonds. The summed E-state index contributed by atoms with van der Waals surface area (Å²) in [6, 6.07) is 18.6. The van der Waals surface area contributed by atoms with Crippen LogP contribution >= 0.6 is 0 Å². The Morgan fingerprint density at radius 2 is 1.59 bits per heavy atom. The Kier molecular flexibility index (Phi) is 5.66. The first-order valence-corrected chi connectivity index (χ1v) is 12.6. The number of aliphatic hydroxyl groups is 1. The zero-order chi connectivity index (χ0) is 25.7. The van der Waals surface area contributed by atoms with Gasteiger partial charge in [0.25, 0.3) is 11.8 Å². The van der Waals surface area contributed by atoms with Crippen LogP contribution in [0.1, 0.15) is 57.5 Å². The summed E-state index contributed by atoms with van der Waals surface area (Å²) in [5.74, 6) is -2.15. The zero-order valence-corrected chi connectivity index (χ0v) is 20.3. The van der Waals surface area contributed by atoms with Gasteiger partial charge in [-0.05, 0) is 59.4 Å². The summed E-state index contributed by atoms with van der Waals surface area (Å²) in [5.41, 5.74) is 1.12. The van der Waals surface area contributed by atoms with Crippen molar-refractivity contribution in [1.82, 2.24) is 15.1 Å². The van der Waals surface area contributed by atoms with Gasteiger partial charge in [-0.2, -0.15) is 0 Å². The van der Waals surface area contributed by atoms with Crippen LogP contribution in [0.4, 0.5) is 0 Å². The van der Waals surface area contributed by atoms with E-state index in [0.717, 1.165) is 11.4 Å². The number of imide groups is 2. The third-order valence-corrected chi connectivity index (χ3v) is 7.88. The fraction of sp³-hybridized carbons (Fsp3) is 0.310. The van der Waals surface area contributed by atoms with Crippen LogP contribution in [0.5, 0.6) is 0 Å². The molecule has 8 heteroatoms. The van der Waals surface area contributed by atoms with Gasteiger partial charge in [-0.1, -0.05) is 42.5 Å². The second-order valence-corrected chi connectivity index (χ2v) is 10.2. The molecule has 1 atom stereocenters. The van der Waals surface area contributed by atoms with Crippen LogP contribution in [0, 0.1) is 0 Å². The molecule has 6 rings (SSSR count). The number of carbonyl (C=O) groups excluding carboxylic acids is 4. The molecule has 2 fully saturated rings. The van der Waals surface area contributed by atoms with Crippen LogP contribution in [0.15, 0.2) is 60.7 Å². The number of likely N-dealkylation sites (tertiary alicyclic amines) is 1. The highest BCUT2D eigenvalue weighted by molar-refractivity contribution is 6.23. The maximum Gasteiger partial charge on any atom is 0.262 e. The number of hydrogen-bond donors (Lipinski definition) is 2. The first kappa shape index (κ1) is 23.5. The summed E-state index contributed by atoms with van der Waals surface area (Å²) in [4.78, 5) is 53.2. The average Bonchev–Trinajstić information content (AvgIpc) is 3.15. The molecular weight excluding hydrogens is 470 g/mol. The van der Waals surface area contributed by atoms with Crippen LogP contribution in [0.3, 0.4) is 0 Å². The van der Waals surface area contributed by atoms with Gasteiger partial charge >= 0.3 is 0 Å². The van der Waals surface area contributed by atoms with Crippen LogP contribution < -0.4 is 5.32 Å². The van der Waals surface area contributed by atoms with Crippen LogP contribution in [-0.2, 0) is 21.7 Å². The van der Waals surface area contributed by atoms with Crippen molar-refractivity contribution in [2.24, 2.45) is 0 Å². The summed E-state index contributed by atoms with van der Waals surface area (Å²) in [6.07, 6.45) is 1.18. The third-order valence-electron chi connectivity index (χ3n) is 7.88. The molecule has 37 heavy (non-hydrogen) atoms. The molecule has 1 unspecified atom stereocenters. The standard InChI is InChI=1S/C29H27N3O5/c33-25-10-9-24(26(34)30-25)32-27(35)22-8-7-21(16-23(22)28(32)36)29(37)11-13-31(14-12-29)17-18-5-6-19-3-1-2-4-20(19)15-18/h1-8,15-16,24,37H,9-14,17H2,(H,30,33,34). The molecule has 0 aromatic heterocycles. The lowest BCUT2D eigenvalue weighted by molar-refractivity contribution is -0.136. The quantitative estimate of drug-likeness (QED) is 0.537. The summed E-state index contributed by atoms with van der Waals surface area (Å²) < 4.78 is 0. The Bertz CT molecular complexity index is 1460. The number of carbonyl (C=O) groups is 4. The van der Waals surface area contributed by atoms with E-state index in [1.54, 1.807) is 18.2 Å². The minimum absolute atomic E-state index is 0.0739. The van der Waals surface area contributed by atoms with Gasteiger partial charge in [-0.25, -0.2) is 0 Å². The molecule has 0 radical (unpaired) electrons. The van der Waals surface area contributed by atoms with Crippen LogP contribution in [0.2, 0.25) is 0 Å². The van der Waals surface area contributed by atoms with Gasteiger partial charge in [0.15, 0.2) is 0 Å². The van der Waals surface area contributed by atoms with E-state index in [0.29, 0.717) is 31.5 Å². The molecule has 8 nitrogen and oxygen atoms in total. The molecule has 0 bridgehead atoms. The number of piperidine rings is 2. The molecule has 0 aliphatic carbocycles. The predicted octanol–water partition coefficient (Wildman–Crippen LogP) is 2.72. The van der Waals surface area contributed by atoms with E-state index in [9.17, 15) is 24.3 Å². The predicted molar refractivity (Wildman–Crippen MR) is 135 cm³/mol. The van der Waals surface area contributed by atoms with Crippen molar-refractivity contribution in [2.45, 2.75) is 43.9 Å². The SMILES string of the molecule is O=C1CCC(N2C(=O)c3ccc(C4(O)CCN(Cc5ccc6ccccc6c5)CC4)cc3C2=O)C(=O)N1. The van der Waals surface area contributed by atoms with E-state index in [2.05, 4.69) is 40.5 Å². The molecule has 3 heterocycles. The number of nitrogens with zero attached hydrogens (tertiary/aromatic N) is 2. The highest BCUT2D eigenvalue weighted by Crippen LogP contribution is 2.37. The summed E-state index contributed by atoms with van der Waals surface area (Å²) in [5, 5.41) is 16.1. The van der Waals surface area contributed by atoms with Crippen molar-refractivity contribution < 1.29 is 24.3 Å². The van der Waals surface area contributed by atoms with Crippen molar-refractivity contribution in [3.8, 4) is 0 Å². The maximum absolute atomic E-state index is 13.2. The molecule has 0 saturated carbocycles. The monoisotopic (exact) mass is 497 g/mol. The molecule has 0 spiro atoms. The van der Waals surface area contributed by atoms with Gasteiger partial charge in [-0.3, -0.25) is 34.3 Å². The van der Waals surface area contributed by atoms with Gasteiger partial charge in [0, 0.05) is 26.1 Å². The molecule has 3 aliphatic rings. The number of nitrogens with one attached hydrogen (secondary N) is 1. The highest BCUT2D eigenvalue weighted by Gasteiger charge is 2.45. The van der Waals surface area contributed by atoms with Crippen LogP contribution in [-0.4, -0.2) is 57.7 Å². The molecule has 3 aliphatic heterocycles. The van der Waals surface area contributed by atoms with E-state index in [4.69, 9.17) is 0 Å². The molecular formula is C29H27N3O5. The van der Waals surface area contributed by atoms with Gasteiger partial charge in [0.05, 0.1) is 16.7 Å². The number of benzene rings is 3. The highest BCUT2D eigenvalue weighted by atomic mass is 16.3. The fourth-order valence-corrected chi connectivity index (χ4v) is 5.73. The van der Waals surface area contributed by atoms with Gasteiger partial charge in [-0.15, -0.1) is 0 Å². The van der Waals surface area contributed by atoms with Crippen molar-refractivity contribution in [2.75, 3.05) is 13.1 Å². The lowest BCUT2D eigenvalue weighted by Gasteiger charge is -2.38. The Balaban J connectivity index is 1.16. The Morgan fingerprint density at radius 1 is 0.865 bits per heavy atom. The second kappa shape index (κ2) is 8.90. The number of hydrogen-bond acceptors (Lipinski definition) is 6. The van der Waals surface area contributed by atoms with E-state index >= 15 is 0 Å². The van der Waals surface area contributed by atoms with Crippen molar-refractivity contribution in [1.29, 1.82) is 0 Å². The van der Waals surface area contributed by atoms with Gasteiger partial charge in [0.2, 0.25) is 11.8 Å². The zero-order valence-electron chi connectivity index (χ0n) is 20.3. The smallest absolute Gasteiger partial charge is 0.262 e. The molecule has 2 N–H and O–H groups in total.